The van der Waals surface area contributed by atoms with Crippen molar-refractivity contribution in [3.8, 4) is 17.1 Å². The van der Waals surface area contributed by atoms with Crippen LogP contribution >= 0.6 is 0 Å². The molecule has 0 saturated heterocycles. The molecule has 172 valence electrons. The molecule has 0 aliphatic heterocycles. The lowest BCUT2D eigenvalue weighted by Gasteiger charge is -2.24. The molecule has 0 radical (unpaired) electrons. The van der Waals surface area contributed by atoms with Crippen LogP contribution in [0.2, 0.25) is 0 Å². The van der Waals surface area contributed by atoms with Gasteiger partial charge in [-0.15, -0.1) is 5.10 Å². The van der Waals surface area contributed by atoms with Crippen molar-refractivity contribution in [2.24, 2.45) is 0 Å². The number of hydrogen-bond donors (Lipinski definition) is 0. The summed E-state index contributed by atoms with van der Waals surface area (Å²) in [5.41, 5.74) is 0.314. The van der Waals surface area contributed by atoms with Crippen LogP contribution in [0.15, 0.2) is 54.9 Å². The fraction of sp³-hybridized carbons (Fsp3) is 0.269. The van der Waals surface area contributed by atoms with Crippen LogP contribution in [-0.4, -0.2) is 24.7 Å². The van der Waals surface area contributed by atoms with Crippen LogP contribution in [0.5, 0.6) is 0 Å². The highest BCUT2D eigenvalue weighted by Crippen LogP contribution is 2.34. The smallest absolute Gasteiger partial charge is 0.252 e. The van der Waals surface area contributed by atoms with E-state index >= 15 is 0 Å². The minimum absolute atomic E-state index is 0.0732. The monoisotopic (exact) mass is 458 g/mol. The maximum atomic E-state index is 14.8. The highest BCUT2D eigenvalue weighted by atomic mass is 19.1. The number of rotatable bonds is 4. The third kappa shape index (κ3) is 4.17. The summed E-state index contributed by atoms with van der Waals surface area (Å²) in [5, 5.41) is 4.57. The Bertz CT molecular complexity index is 1410. The van der Waals surface area contributed by atoms with Crippen molar-refractivity contribution >= 4 is 5.69 Å². The van der Waals surface area contributed by atoms with Gasteiger partial charge in [-0.25, -0.2) is 28.3 Å². The SMILES string of the molecule is [C-]#[N+]c1c(F)ccc(-c2cccc(C(C)(C)c3cccc(-n4cnc(C(C)(C)C)n4)n3)n2)c1F. The third-order valence-electron chi connectivity index (χ3n) is 5.62. The molecular weight excluding hydrogens is 434 g/mol. The van der Waals surface area contributed by atoms with Gasteiger partial charge in [-0.2, -0.15) is 0 Å². The average molecular weight is 459 g/mol. The number of aromatic nitrogens is 5. The van der Waals surface area contributed by atoms with E-state index in [1.807, 2.05) is 58.9 Å². The first-order chi connectivity index (χ1) is 16.0. The zero-order valence-electron chi connectivity index (χ0n) is 19.6. The van der Waals surface area contributed by atoms with Gasteiger partial charge in [0.2, 0.25) is 0 Å². The van der Waals surface area contributed by atoms with Crippen molar-refractivity contribution in [2.45, 2.75) is 45.4 Å². The number of benzene rings is 1. The van der Waals surface area contributed by atoms with Crippen LogP contribution in [0.1, 0.15) is 51.8 Å². The largest absolute Gasteiger partial charge is 0.257 e. The second kappa shape index (κ2) is 8.41. The van der Waals surface area contributed by atoms with Crippen molar-refractivity contribution < 1.29 is 8.78 Å². The molecule has 0 atom stereocenters. The van der Waals surface area contributed by atoms with Gasteiger partial charge in [0.15, 0.2) is 11.6 Å². The first kappa shape index (κ1) is 23.2. The van der Waals surface area contributed by atoms with Gasteiger partial charge in [0.1, 0.15) is 18.0 Å². The summed E-state index contributed by atoms with van der Waals surface area (Å²) < 4.78 is 30.2. The summed E-state index contributed by atoms with van der Waals surface area (Å²) in [4.78, 5) is 16.8. The molecule has 0 amide bonds. The molecule has 0 N–H and O–H groups in total. The summed E-state index contributed by atoms with van der Waals surface area (Å²) in [7, 11) is 0. The summed E-state index contributed by atoms with van der Waals surface area (Å²) in [5.74, 6) is -0.473. The van der Waals surface area contributed by atoms with Crippen molar-refractivity contribution in [3.05, 3.63) is 95.1 Å². The zero-order chi connectivity index (χ0) is 24.7. The van der Waals surface area contributed by atoms with Crippen LogP contribution in [0.25, 0.3) is 21.9 Å². The molecule has 3 heterocycles. The van der Waals surface area contributed by atoms with Gasteiger partial charge in [0.25, 0.3) is 5.69 Å². The summed E-state index contributed by atoms with van der Waals surface area (Å²) in [6.07, 6.45) is 1.64. The number of pyridine rings is 2. The first-order valence-corrected chi connectivity index (χ1v) is 10.8. The lowest BCUT2D eigenvalue weighted by atomic mass is 9.84. The van der Waals surface area contributed by atoms with E-state index in [-0.39, 0.29) is 11.0 Å². The predicted octanol–water partition coefficient (Wildman–Crippen LogP) is 6.18. The minimum atomic E-state index is -0.918. The van der Waals surface area contributed by atoms with E-state index in [1.54, 1.807) is 23.1 Å². The van der Waals surface area contributed by atoms with Gasteiger partial charge in [0, 0.05) is 16.4 Å². The quantitative estimate of drug-likeness (QED) is 0.343. The van der Waals surface area contributed by atoms with Gasteiger partial charge in [0.05, 0.1) is 23.7 Å². The van der Waals surface area contributed by atoms with E-state index in [2.05, 4.69) is 19.9 Å². The summed E-state index contributed by atoms with van der Waals surface area (Å²) >= 11 is 0. The summed E-state index contributed by atoms with van der Waals surface area (Å²) in [6.45, 7) is 17.1. The van der Waals surface area contributed by atoms with E-state index in [0.717, 1.165) is 11.8 Å². The number of halogens is 2. The molecule has 0 saturated carbocycles. The van der Waals surface area contributed by atoms with Crippen LogP contribution in [0.3, 0.4) is 0 Å². The van der Waals surface area contributed by atoms with Gasteiger partial charge >= 0.3 is 0 Å². The van der Waals surface area contributed by atoms with Crippen LogP contribution in [-0.2, 0) is 10.8 Å². The molecule has 4 rings (SSSR count). The second-order valence-corrected chi connectivity index (χ2v) is 9.55. The Balaban J connectivity index is 1.74. The standard InChI is InChI=1S/C26H24F2N6/c1-25(2,3)24-30-15-34(33-24)21-12-8-11-20(32-21)26(4,5)19-10-7-9-18(31-19)16-13-14-17(27)23(29-6)22(16)28/h7-15H,1-5H3. The maximum Gasteiger partial charge on any atom is 0.257 e. The molecule has 0 bridgehead atoms. The van der Waals surface area contributed by atoms with Crippen molar-refractivity contribution in [3.63, 3.8) is 0 Å². The predicted molar refractivity (Wildman–Crippen MR) is 126 cm³/mol. The molecular formula is C26H24F2N6. The Morgan fingerprint density at radius 1 is 0.882 bits per heavy atom. The normalized spacial score (nSPS) is 11.9. The molecule has 6 nitrogen and oxygen atoms in total. The van der Waals surface area contributed by atoms with E-state index < -0.39 is 22.7 Å². The molecule has 0 fully saturated rings. The average Bonchev–Trinajstić information content (AvgIpc) is 3.31. The topological polar surface area (TPSA) is 60.9 Å². The molecule has 0 aliphatic rings. The second-order valence-electron chi connectivity index (χ2n) is 9.55. The highest BCUT2D eigenvalue weighted by molar-refractivity contribution is 5.67. The molecule has 8 heteroatoms. The fourth-order valence-electron chi connectivity index (χ4n) is 3.52. The van der Waals surface area contributed by atoms with Gasteiger partial charge in [-0.1, -0.05) is 32.9 Å². The molecule has 3 aromatic heterocycles. The first-order valence-electron chi connectivity index (χ1n) is 10.8. The molecule has 34 heavy (non-hydrogen) atoms. The summed E-state index contributed by atoms with van der Waals surface area (Å²) in [6, 6.07) is 13.3. The molecule has 1 aromatic carbocycles. The van der Waals surface area contributed by atoms with E-state index in [9.17, 15) is 8.78 Å². The van der Waals surface area contributed by atoms with Crippen LogP contribution in [0.4, 0.5) is 14.5 Å². The van der Waals surface area contributed by atoms with Crippen molar-refractivity contribution in [1.29, 1.82) is 0 Å². The Morgan fingerprint density at radius 3 is 2.21 bits per heavy atom. The molecule has 0 aliphatic carbocycles. The van der Waals surface area contributed by atoms with E-state index in [4.69, 9.17) is 11.6 Å². The maximum absolute atomic E-state index is 14.8. The molecule has 4 aromatic rings. The molecule has 0 spiro atoms. The van der Waals surface area contributed by atoms with Crippen LogP contribution < -0.4 is 0 Å². The minimum Gasteiger partial charge on any atom is -0.252 e. The lowest BCUT2D eigenvalue weighted by Crippen LogP contribution is -2.23. The van der Waals surface area contributed by atoms with Gasteiger partial charge < -0.3 is 0 Å². The lowest BCUT2D eigenvalue weighted by molar-refractivity contribution is 0.542. The zero-order valence-corrected chi connectivity index (χ0v) is 19.6. The van der Waals surface area contributed by atoms with Gasteiger partial charge in [-0.05, 0) is 50.2 Å². The Labute approximate surface area is 197 Å². The fourth-order valence-corrected chi connectivity index (χ4v) is 3.52. The van der Waals surface area contributed by atoms with Crippen molar-refractivity contribution in [1.82, 2.24) is 24.7 Å². The van der Waals surface area contributed by atoms with Crippen molar-refractivity contribution in [2.75, 3.05) is 0 Å². The Kier molecular flexibility index (Phi) is 5.74. The third-order valence-corrected chi connectivity index (χ3v) is 5.62. The van der Waals surface area contributed by atoms with Crippen LogP contribution in [0, 0.1) is 18.2 Å². The van der Waals surface area contributed by atoms with E-state index in [1.165, 1.54) is 6.07 Å². The van der Waals surface area contributed by atoms with Gasteiger partial charge in [-0.3, -0.25) is 4.98 Å². The Morgan fingerprint density at radius 2 is 1.56 bits per heavy atom. The number of nitrogens with zero attached hydrogens (tertiary/aromatic N) is 6. The highest BCUT2D eigenvalue weighted by Gasteiger charge is 2.28. The Hall–Kier alpha value is -3.99. The number of hydrogen-bond acceptors (Lipinski definition) is 4. The van der Waals surface area contributed by atoms with E-state index in [0.29, 0.717) is 23.0 Å². The molecule has 0 unspecified atom stereocenters.